The molecular formula is C13H10F2N2O2. The molecule has 0 saturated carbocycles. The van der Waals surface area contributed by atoms with E-state index in [1.54, 1.807) is 0 Å². The number of rotatable bonds is 4. The van der Waals surface area contributed by atoms with Crippen LogP contribution in [0.4, 0.5) is 8.78 Å². The quantitative estimate of drug-likeness (QED) is 0.794. The molecule has 0 saturated heterocycles. The first-order valence-electron chi connectivity index (χ1n) is 5.42. The van der Waals surface area contributed by atoms with Crippen molar-refractivity contribution in [1.82, 2.24) is 9.97 Å². The number of ketones is 1. The molecular weight excluding hydrogens is 254 g/mol. The van der Waals surface area contributed by atoms with Crippen LogP contribution in [0.2, 0.25) is 0 Å². The summed E-state index contributed by atoms with van der Waals surface area (Å²) in [6, 6.07) is 4.35. The van der Waals surface area contributed by atoms with Crippen molar-refractivity contribution in [3.8, 4) is 5.88 Å². The lowest BCUT2D eigenvalue weighted by atomic mass is 10.1. The number of Topliss-reactive ketones (excluding diaryl/α,β-unsaturated/α-hetero) is 1. The zero-order valence-electron chi connectivity index (χ0n) is 10.1. The summed E-state index contributed by atoms with van der Waals surface area (Å²) in [6.45, 7) is 0. The van der Waals surface area contributed by atoms with E-state index >= 15 is 0 Å². The smallest absolute Gasteiger partial charge is 0.216 e. The molecule has 0 spiro atoms. The molecule has 0 unspecified atom stereocenters. The van der Waals surface area contributed by atoms with Crippen molar-refractivity contribution in [3.63, 3.8) is 0 Å². The van der Waals surface area contributed by atoms with Crippen LogP contribution in [-0.4, -0.2) is 22.9 Å². The van der Waals surface area contributed by atoms with E-state index in [4.69, 9.17) is 4.74 Å². The Kier molecular flexibility index (Phi) is 3.79. The summed E-state index contributed by atoms with van der Waals surface area (Å²) in [5.41, 5.74) is 0.386. The van der Waals surface area contributed by atoms with Gasteiger partial charge in [0.2, 0.25) is 5.88 Å². The number of benzene rings is 1. The molecule has 0 aliphatic rings. The molecule has 1 aromatic heterocycles. The Bertz CT molecular complexity index is 597. The summed E-state index contributed by atoms with van der Waals surface area (Å²) < 4.78 is 30.9. The minimum atomic E-state index is -0.719. The van der Waals surface area contributed by atoms with Gasteiger partial charge in [0.1, 0.15) is 23.7 Å². The highest BCUT2D eigenvalue weighted by Gasteiger charge is 2.11. The number of carbonyl (C=O) groups is 1. The van der Waals surface area contributed by atoms with Gasteiger partial charge in [0.05, 0.1) is 7.11 Å². The average molecular weight is 264 g/mol. The first-order chi connectivity index (χ1) is 9.08. The zero-order chi connectivity index (χ0) is 13.8. The molecule has 0 radical (unpaired) electrons. The van der Waals surface area contributed by atoms with Crippen LogP contribution in [0.15, 0.2) is 30.6 Å². The van der Waals surface area contributed by atoms with Gasteiger partial charge in [-0.3, -0.25) is 4.79 Å². The third-order valence-electron chi connectivity index (χ3n) is 2.42. The SMILES string of the molecule is COc1cc(C(=O)Cc2cc(F)cc(F)c2)ncn1. The van der Waals surface area contributed by atoms with Gasteiger partial charge >= 0.3 is 0 Å². The highest BCUT2D eigenvalue weighted by atomic mass is 19.1. The van der Waals surface area contributed by atoms with Crippen LogP contribution in [0.25, 0.3) is 0 Å². The number of ether oxygens (including phenoxy) is 1. The third kappa shape index (κ3) is 3.31. The Morgan fingerprint density at radius 1 is 1.16 bits per heavy atom. The van der Waals surface area contributed by atoms with Gasteiger partial charge in [-0.2, -0.15) is 0 Å². The van der Waals surface area contributed by atoms with Gasteiger partial charge in [0, 0.05) is 18.6 Å². The van der Waals surface area contributed by atoms with Gasteiger partial charge in [-0.05, 0) is 17.7 Å². The normalized spacial score (nSPS) is 10.3. The van der Waals surface area contributed by atoms with Crippen LogP contribution >= 0.6 is 0 Å². The number of hydrogen-bond acceptors (Lipinski definition) is 4. The predicted molar refractivity (Wildman–Crippen MR) is 63.0 cm³/mol. The van der Waals surface area contributed by atoms with Crippen LogP contribution < -0.4 is 4.74 Å². The van der Waals surface area contributed by atoms with E-state index in [2.05, 4.69) is 9.97 Å². The second-order valence-corrected chi connectivity index (χ2v) is 3.82. The van der Waals surface area contributed by atoms with Crippen LogP contribution in [0.3, 0.4) is 0 Å². The number of methoxy groups -OCH3 is 1. The summed E-state index contributed by atoms with van der Waals surface area (Å²) >= 11 is 0. The summed E-state index contributed by atoms with van der Waals surface area (Å²) in [5.74, 6) is -1.55. The van der Waals surface area contributed by atoms with Gasteiger partial charge in [-0.15, -0.1) is 0 Å². The molecule has 2 rings (SSSR count). The van der Waals surface area contributed by atoms with Crippen molar-refractivity contribution < 1.29 is 18.3 Å². The molecule has 4 nitrogen and oxygen atoms in total. The molecule has 0 amide bonds. The van der Waals surface area contributed by atoms with E-state index in [9.17, 15) is 13.6 Å². The number of carbonyl (C=O) groups excluding carboxylic acids is 1. The highest BCUT2D eigenvalue weighted by Crippen LogP contribution is 2.12. The Labute approximate surface area is 108 Å². The van der Waals surface area contributed by atoms with E-state index in [-0.39, 0.29) is 29.3 Å². The van der Waals surface area contributed by atoms with Gasteiger partial charge in [0.15, 0.2) is 5.78 Å². The summed E-state index contributed by atoms with van der Waals surface area (Å²) in [5, 5.41) is 0. The molecule has 98 valence electrons. The Morgan fingerprint density at radius 2 is 1.84 bits per heavy atom. The minimum Gasteiger partial charge on any atom is -0.481 e. The number of aromatic nitrogens is 2. The fourth-order valence-corrected chi connectivity index (χ4v) is 1.59. The van der Waals surface area contributed by atoms with Gasteiger partial charge < -0.3 is 4.74 Å². The molecule has 0 N–H and O–H groups in total. The first kappa shape index (κ1) is 13.1. The van der Waals surface area contributed by atoms with Gasteiger partial charge in [-0.1, -0.05) is 0 Å². The van der Waals surface area contributed by atoms with Crippen molar-refractivity contribution in [2.24, 2.45) is 0 Å². The number of hydrogen-bond donors (Lipinski definition) is 0. The van der Waals surface area contributed by atoms with Crippen molar-refractivity contribution in [2.45, 2.75) is 6.42 Å². The lowest BCUT2D eigenvalue weighted by Crippen LogP contribution is -2.07. The van der Waals surface area contributed by atoms with Crippen LogP contribution in [0.5, 0.6) is 5.88 Å². The van der Waals surface area contributed by atoms with Crippen LogP contribution in [0, 0.1) is 11.6 Å². The summed E-state index contributed by atoms with van der Waals surface area (Å²) in [7, 11) is 1.42. The molecule has 1 aromatic carbocycles. The fraction of sp³-hybridized carbons (Fsp3) is 0.154. The maximum Gasteiger partial charge on any atom is 0.216 e. The minimum absolute atomic E-state index is 0.136. The number of halogens is 2. The monoisotopic (exact) mass is 264 g/mol. The third-order valence-corrected chi connectivity index (χ3v) is 2.42. The van der Waals surface area contributed by atoms with Gasteiger partial charge in [-0.25, -0.2) is 18.7 Å². The maximum atomic E-state index is 13.0. The highest BCUT2D eigenvalue weighted by molar-refractivity contribution is 5.95. The van der Waals surface area contributed by atoms with Crippen molar-refractivity contribution in [3.05, 3.63) is 53.5 Å². The van der Waals surface area contributed by atoms with Gasteiger partial charge in [0.25, 0.3) is 0 Å². The largest absolute Gasteiger partial charge is 0.481 e. The molecule has 6 heteroatoms. The molecule has 0 aliphatic heterocycles. The van der Waals surface area contributed by atoms with Crippen LogP contribution in [-0.2, 0) is 6.42 Å². The molecule has 0 aliphatic carbocycles. The predicted octanol–water partition coefficient (Wildman–Crippen LogP) is 2.19. The van der Waals surface area contributed by atoms with E-state index in [0.717, 1.165) is 18.2 Å². The summed E-state index contributed by atoms with van der Waals surface area (Å²) in [4.78, 5) is 19.5. The molecule has 2 aromatic rings. The standard InChI is InChI=1S/C13H10F2N2O2/c1-19-13-6-11(16-7-17-13)12(18)4-8-2-9(14)5-10(15)3-8/h2-3,5-7H,4H2,1H3. The first-order valence-corrected chi connectivity index (χ1v) is 5.42. The van der Waals surface area contributed by atoms with Crippen molar-refractivity contribution in [1.29, 1.82) is 0 Å². The fourth-order valence-electron chi connectivity index (χ4n) is 1.59. The lowest BCUT2D eigenvalue weighted by molar-refractivity contribution is 0.0987. The second kappa shape index (κ2) is 5.51. The topological polar surface area (TPSA) is 52.1 Å². The van der Waals surface area contributed by atoms with Crippen molar-refractivity contribution in [2.75, 3.05) is 7.11 Å². The second-order valence-electron chi connectivity index (χ2n) is 3.82. The zero-order valence-corrected chi connectivity index (χ0v) is 10.1. The lowest BCUT2D eigenvalue weighted by Gasteiger charge is -2.03. The Hall–Kier alpha value is -2.37. The molecule has 1 heterocycles. The Balaban J connectivity index is 2.20. The van der Waals surface area contributed by atoms with E-state index in [0.29, 0.717) is 0 Å². The molecule has 0 bridgehead atoms. The maximum absolute atomic E-state index is 13.0. The van der Waals surface area contributed by atoms with Crippen molar-refractivity contribution >= 4 is 5.78 Å². The Morgan fingerprint density at radius 3 is 2.47 bits per heavy atom. The summed E-state index contributed by atoms with van der Waals surface area (Å²) in [6.07, 6.45) is 1.05. The van der Waals surface area contributed by atoms with E-state index in [1.807, 2.05) is 0 Å². The van der Waals surface area contributed by atoms with E-state index in [1.165, 1.54) is 19.5 Å². The molecule has 0 fully saturated rings. The number of nitrogens with zero attached hydrogens (tertiary/aromatic N) is 2. The molecule has 19 heavy (non-hydrogen) atoms. The average Bonchev–Trinajstić information content (AvgIpc) is 2.37. The van der Waals surface area contributed by atoms with E-state index < -0.39 is 11.6 Å². The van der Waals surface area contributed by atoms with Crippen LogP contribution in [0.1, 0.15) is 16.1 Å². The molecule has 0 atom stereocenters.